The molecule has 0 fully saturated rings. The molecule has 14 heteroatoms. The second kappa shape index (κ2) is 12.3. The molecule has 2 atom stereocenters. The lowest BCUT2D eigenvalue weighted by Gasteiger charge is -2.18. The van der Waals surface area contributed by atoms with Crippen LogP contribution >= 0.6 is 0 Å². The van der Waals surface area contributed by atoms with Crippen LogP contribution in [0.4, 0.5) is 17.6 Å². The number of nitrogens with one attached hydrogen (secondary N) is 2. The molecule has 4 N–H and O–H groups in total. The van der Waals surface area contributed by atoms with E-state index in [1.165, 1.54) is 36.4 Å². The quantitative estimate of drug-likeness (QED) is 0.151. The van der Waals surface area contributed by atoms with Crippen molar-refractivity contribution in [3.8, 4) is 0 Å². The summed E-state index contributed by atoms with van der Waals surface area (Å²) in [6.07, 6.45) is -0.598. The van der Waals surface area contributed by atoms with Crippen molar-refractivity contribution in [3.63, 3.8) is 0 Å². The molecule has 0 spiro atoms. The number of benzene rings is 1. The molecule has 0 saturated carbocycles. The first-order chi connectivity index (χ1) is 18.3. The van der Waals surface area contributed by atoms with Crippen LogP contribution in [0.3, 0.4) is 0 Å². The van der Waals surface area contributed by atoms with Crippen LogP contribution in [0.5, 0.6) is 0 Å². The molecule has 1 aliphatic rings. The molecule has 1 aromatic carbocycles. The van der Waals surface area contributed by atoms with Crippen LogP contribution in [0.25, 0.3) is 0 Å². The van der Waals surface area contributed by atoms with Crippen molar-refractivity contribution < 1.29 is 36.8 Å². The van der Waals surface area contributed by atoms with Gasteiger partial charge in [-0.2, -0.15) is 13.2 Å². The van der Waals surface area contributed by atoms with E-state index >= 15 is 0 Å². The van der Waals surface area contributed by atoms with E-state index in [0.29, 0.717) is 17.6 Å². The van der Waals surface area contributed by atoms with Crippen molar-refractivity contribution >= 4 is 23.6 Å². The topological polar surface area (TPSA) is 149 Å². The van der Waals surface area contributed by atoms with Gasteiger partial charge in [0.1, 0.15) is 23.5 Å². The fourth-order valence-corrected chi connectivity index (χ4v) is 3.47. The molecule has 1 aliphatic carbocycles. The molecule has 0 radical (unpaired) electrons. The van der Waals surface area contributed by atoms with Crippen LogP contribution in [0.15, 0.2) is 65.4 Å². The molecule has 39 heavy (non-hydrogen) atoms. The predicted octanol–water partition coefficient (Wildman–Crippen LogP) is 3.24. The average molecular weight is 548 g/mol. The van der Waals surface area contributed by atoms with Crippen LogP contribution < -0.4 is 16.4 Å². The van der Waals surface area contributed by atoms with E-state index in [-0.39, 0.29) is 35.2 Å². The molecule has 0 saturated heterocycles. The fraction of sp³-hybridized carbons (Fsp3) is 0.280. The van der Waals surface area contributed by atoms with Gasteiger partial charge in [0.2, 0.25) is 0 Å². The number of nitrogens with two attached hydrogens (primary N) is 1. The van der Waals surface area contributed by atoms with Gasteiger partial charge in [-0.1, -0.05) is 35.5 Å². The van der Waals surface area contributed by atoms with Crippen molar-refractivity contribution in [2.75, 3.05) is 6.54 Å². The minimum atomic E-state index is -5.21. The summed E-state index contributed by atoms with van der Waals surface area (Å²) in [6.45, 7) is 3.61. The summed E-state index contributed by atoms with van der Waals surface area (Å²) in [4.78, 5) is 47.6. The van der Waals surface area contributed by atoms with Crippen LogP contribution in [0.2, 0.25) is 0 Å². The van der Waals surface area contributed by atoms with Gasteiger partial charge in [0.15, 0.2) is 5.84 Å². The number of hydrogen-bond donors (Lipinski definition) is 3. The highest BCUT2D eigenvalue weighted by Gasteiger charge is 2.41. The smallest absolute Gasteiger partial charge is 0.380 e. The number of aromatic nitrogens is 2. The number of carbonyl (C=O) groups excluding carboxylic acids is 3. The van der Waals surface area contributed by atoms with Crippen molar-refractivity contribution in [2.24, 2.45) is 16.8 Å². The molecule has 1 heterocycles. The number of oxime groups is 1. The lowest BCUT2D eigenvalue weighted by Crippen LogP contribution is -2.31. The van der Waals surface area contributed by atoms with E-state index in [1.807, 2.05) is 0 Å². The molecule has 0 aliphatic heterocycles. The van der Waals surface area contributed by atoms with Crippen molar-refractivity contribution in [3.05, 3.63) is 82.7 Å². The Morgan fingerprint density at radius 2 is 1.79 bits per heavy atom. The summed E-state index contributed by atoms with van der Waals surface area (Å²) in [6, 6.07) is 6.60. The Bertz CT molecular complexity index is 1340. The molecule has 10 nitrogen and oxygen atoms in total. The molecular weight excluding hydrogens is 524 g/mol. The fourth-order valence-electron chi connectivity index (χ4n) is 3.47. The number of rotatable bonds is 8. The third-order valence-electron chi connectivity index (χ3n) is 5.66. The van der Waals surface area contributed by atoms with E-state index in [4.69, 9.17) is 5.73 Å². The van der Waals surface area contributed by atoms with Gasteiger partial charge in [0, 0.05) is 18.2 Å². The minimum Gasteiger partial charge on any atom is -0.380 e. The largest absolute Gasteiger partial charge is 0.493 e. The van der Waals surface area contributed by atoms with Gasteiger partial charge in [-0.05, 0) is 43.4 Å². The Balaban J connectivity index is 1.57. The zero-order valence-electron chi connectivity index (χ0n) is 20.8. The van der Waals surface area contributed by atoms with E-state index in [1.54, 1.807) is 19.9 Å². The average Bonchev–Trinajstić information content (AvgIpc) is 2.91. The number of allylic oxidation sites excluding steroid dienone is 3. The van der Waals surface area contributed by atoms with Gasteiger partial charge in [-0.25, -0.2) is 19.2 Å². The first-order valence-corrected chi connectivity index (χ1v) is 11.5. The lowest BCUT2D eigenvalue weighted by molar-refractivity contribution is -0.199. The molecule has 3 rings (SSSR count). The first-order valence-electron chi connectivity index (χ1n) is 11.5. The second-order valence-electron chi connectivity index (χ2n) is 8.62. The minimum absolute atomic E-state index is 0.0219. The summed E-state index contributed by atoms with van der Waals surface area (Å²) >= 11 is 0. The van der Waals surface area contributed by atoms with Gasteiger partial charge in [0.05, 0.1) is 6.04 Å². The lowest BCUT2D eigenvalue weighted by atomic mass is 9.94. The molecule has 206 valence electrons. The van der Waals surface area contributed by atoms with Gasteiger partial charge < -0.3 is 21.2 Å². The van der Waals surface area contributed by atoms with E-state index in [9.17, 15) is 31.9 Å². The SMILES string of the molecule is CC1=C(F)C=CC(CNC(=O)c2cc(C(=O)N[C@@H](C)c3ccc(/C(N)=N/OC(=O)C(F)(F)F)cc3)ncn2)C1. The molecule has 0 bridgehead atoms. The molecule has 1 unspecified atom stereocenters. The third-order valence-corrected chi connectivity index (χ3v) is 5.66. The van der Waals surface area contributed by atoms with Gasteiger partial charge >= 0.3 is 12.1 Å². The van der Waals surface area contributed by atoms with Gasteiger partial charge in [-0.3, -0.25) is 9.59 Å². The number of carbonyl (C=O) groups is 3. The summed E-state index contributed by atoms with van der Waals surface area (Å²) in [7, 11) is 0. The Kier molecular flexibility index (Phi) is 9.12. The summed E-state index contributed by atoms with van der Waals surface area (Å²) < 4.78 is 50.1. The number of hydrogen-bond acceptors (Lipinski definition) is 7. The normalized spacial score (nSPS) is 16.5. The summed E-state index contributed by atoms with van der Waals surface area (Å²) in [5.41, 5.74) is 6.85. The molecule has 1 aromatic heterocycles. The maximum atomic E-state index is 13.5. The van der Waals surface area contributed by atoms with Crippen molar-refractivity contribution in [2.45, 2.75) is 32.5 Å². The standard InChI is InChI=1S/C25H24F4N6O4/c1-13-9-15(3-8-18(13)26)11-31-22(36)19-10-20(33-12-32-19)23(37)34-14(2)16-4-6-17(7-5-16)21(30)35-39-24(38)25(27,28)29/h3-8,10,12,14-15H,9,11H2,1-2H3,(H2,30,35)(H,31,36)(H,34,37)/t14-,15?/m0/s1. The number of alkyl halides is 3. The zero-order valence-corrected chi connectivity index (χ0v) is 20.8. The number of amidine groups is 1. The summed E-state index contributed by atoms with van der Waals surface area (Å²) in [5.74, 6) is -4.41. The van der Waals surface area contributed by atoms with Gasteiger partial charge in [0.25, 0.3) is 11.8 Å². The monoisotopic (exact) mass is 548 g/mol. The van der Waals surface area contributed by atoms with Gasteiger partial charge in [-0.15, -0.1) is 0 Å². The van der Waals surface area contributed by atoms with E-state index in [0.717, 1.165) is 6.33 Å². The molecular formula is C25H24F4N6O4. The highest BCUT2D eigenvalue weighted by atomic mass is 19.4. The molecule has 2 amide bonds. The Hall–Kier alpha value is -4.62. The first kappa shape index (κ1) is 28.9. The summed E-state index contributed by atoms with van der Waals surface area (Å²) in [5, 5.41) is 8.40. The van der Waals surface area contributed by atoms with Crippen LogP contribution in [-0.2, 0) is 9.63 Å². The Morgan fingerprint density at radius 1 is 1.15 bits per heavy atom. The van der Waals surface area contributed by atoms with Crippen LogP contribution in [0, 0.1) is 5.92 Å². The second-order valence-corrected chi connectivity index (χ2v) is 8.62. The van der Waals surface area contributed by atoms with E-state index < -0.39 is 35.8 Å². The predicted molar refractivity (Wildman–Crippen MR) is 131 cm³/mol. The number of nitrogens with zero attached hydrogens (tertiary/aromatic N) is 3. The van der Waals surface area contributed by atoms with Crippen molar-refractivity contribution in [1.29, 1.82) is 0 Å². The maximum absolute atomic E-state index is 13.5. The zero-order chi connectivity index (χ0) is 28.7. The number of halogens is 4. The highest BCUT2D eigenvalue weighted by Crippen LogP contribution is 2.23. The Morgan fingerprint density at radius 3 is 2.41 bits per heavy atom. The number of amides is 2. The van der Waals surface area contributed by atoms with E-state index in [2.05, 4.69) is 30.6 Å². The molecule has 2 aromatic rings. The Labute approximate surface area is 220 Å². The van der Waals surface area contributed by atoms with Crippen LogP contribution in [-0.4, -0.2) is 46.3 Å². The third kappa shape index (κ3) is 7.93. The van der Waals surface area contributed by atoms with Crippen molar-refractivity contribution in [1.82, 2.24) is 20.6 Å². The highest BCUT2D eigenvalue weighted by molar-refractivity contribution is 5.98. The van der Waals surface area contributed by atoms with Crippen LogP contribution in [0.1, 0.15) is 58.4 Å². The maximum Gasteiger partial charge on any atom is 0.493 e.